The summed E-state index contributed by atoms with van der Waals surface area (Å²) in [4.78, 5) is 0.295. The van der Waals surface area contributed by atoms with Gasteiger partial charge in [-0.15, -0.1) is 0 Å². The Bertz CT molecular complexity index is 575. The zero-order chi connectivity index (χ0) is 15.9. The van der Waals surface area contributed by atoms with E-state index in [1.54, 1.807) is 23.6 Å². The van der Waals surface area contributed by atoms with E-state index in [1.165, 1.54) is 10.9 Å². The fourth-order valence-electron chi connectivity index (χ4n) is 2.18. The van der Waals surface area contributed by atoms with Crippen LogP contribution in [-0.2, 0) is 17.1 Å². The van der Waals surface area contributed by atoms with E-state index in [2.05, 4.69) is 18.6 Å². The highest BCUT2D eigenvalue weighted by atomic mass is 32.2. The van der Waals surface area contributed by atoms with Crippen LogP contribution in [0.2, 0.25) is 0 Å². The van der Waals surface area contributed by atoms with Crippen LogP contribution in [0.4, 0.5) is 0 Å². The molecule has 0 aromatic carbocycles. The molecular formula is C15H25N3O2S. The Morgan fingerprint density at radius 1 is 1.48 bits per heavy atom. The molecule has 21 heavy (non-hydrogen) atoms. The van der Waals surface area contributed by atoms with Crippen molar-refractivity contribution >= 4 is 10.0 Å². The first-order valence-corrected chi connectivity index (χ1v) is 8.58. The van der Waals surface area contributed by atoms with E-state index < -0.39 is 10.0 Å². The summed E-state index contributed by atoms with van der Waals surface area (Å²) < 4.78 is 27.5. The molecular weight excluding hydrogens is 286 g/mol. The van der Waals surface area contributed by atoms with Crippen molar-refractivity contribution in [3.8, 4) is 0 Å². The molecule has 0 aliphatic carbocycles. The number of allylic oxidation sites excluding steroid dienone is 3. The Hall–Kier alpha value is -1.40. The zero-order valence-corrected chi connectivity index (χ0v) is 13.9. The summed E-state index contributed by atoms with van der Waals surface area (Å²) in [5.41, 5.74) is 0. The van der Waals surface area contributed by atoms with Crippen LogP contribution in [-0.4, -0.2) is 35.6 Å². The second kappa shape index (κ2) is 8.14. The van der Waals surface area contributed by atoms with Gasteiger partial charge in [-0.3, -0.25) is 4.68 Å². The van der Waals surface area contributed by atoms with Gasteiger partial charge in [-0.1, -0.05) is 31.7 Å². The molecule has 1 atom stereocenters. The molecule has 1 aliphatic heterocycles. The standard InChI is InChI=1S/C10H17N3O2S.C5H8/c1-9-4-3-5-13(7-9)16(14,15)10-6-11-12(2)8-10;1-3-5-4-2/h6,8-9H,3-5,7H2,1-2H3;3-5H,1H2,2H3/b;5-4-. The first-order chi connectivity index (χ1) is 9.91. The minimum absolute atomic E-state index is 0.295. The number of sulfonamides is 1. The first-order valence-electron chi connectivity index (χ1n) is 7.14. The molecule has 1 aromatic rings. The summed E-state index contributed by atoms with van der Waals surface area (Å²) in [6.07, 6.45) is 10.6. The molecule has 1 fully saturated rings. The Kier molecular flexibility index (Phi) is 6.84. The van der Waals surface area contributed by atoms with Gasteiger partial charge in [0.2, 0.25) is 10.0 Å². The monoisotopic (exact) mass is 311 g/mol. The van der Waals surface area contributed by atoms with E-state index >= 15 is 0 Å². The van der Waals surface area contributed by atoms with Crippen molar-refractivity contribution in [1.29, 1.82) is 0 Å². The minimum Gasteiger partial charge on any atom is -0.274 e. The first kappa shape index (κ1) is 17.7. The molecule has 0 bridgehead atoms. The van der Waals surface area contributed by atoms with Crippen molar-refractivity contribution in [2.45, 2.75) is 31.6 Å². The van der Waals surface area contributed by atoms with Crippen LogP contribution >= 0.6 is 0 Å². The lowest BCUT2D eigenvalue weighted by Crippen LogP contribution is -2.38. The molecule has 118 valence electrons. The van der Waals surface area contributed by atoms with Gasteiger partial charge >= 0.3 is 0 Å². The molecule has 6 heteroatoms. The van der Waals surface area contributed by atoms with Gasteiger partial charge in [0.15, 0.2) is 0 Å². The minimum atomic E-state index is -3.32. The quantitative estimate of drug-likeness (QED) is 0.806. The molecule has 0 N–H and O–H groups in total. The lowest BCUT2D eigenvalue weighted by molar-refractivity contribution is 0.281. The number of piperidine rings is 1. The lowest BCUT2D eigenvalue weighted by Gasteiger charge is -2.29. The predicted octanol–water partition coefficient (Wildman–Crippen LogP) is 2.59. The predicted molar refractivity (Wildman–Crippen MR) is 85.4 cm³/mol. The van der Waals surface area contributed by atoms with Crippen molar-refractivity contribution in [1.82, 2.24) is 14.1 Å². The van der Waals surface area contributed by atoms with Crippen LogP contribution in [0.5, 0.6) is 0 Å². The Morgan fingerprint density at radius 2 is 2.19 bits per heavy atom. The average Bonchev–Trinajstić information content (AvgIpc) is 2.88. The maximum atomic E-state index is 12.2. The van der Waals surface area contributed by atoms with Crippen molar-refractivity contribution in [2.24, 2.45) is 13.0 Å². The third kappa shape index (κ3) is 5.13. The largest absolute Gasteiger partial charge is 0.274 e. The SMILES string of the molecule is C=C/C=C\C.CC1CCCN(S(=O)(=O)c2cnn(C)c2)C1. The van der Waals surface area contributed by atoms with Gasteiger partial charge in [-0.05, 0) is 25.7 Å². The van der Waals surface area contributed by atoms with Crippen LogP contribution in [0.3, 0.4) is 0 Å². The third-order valence-electron chi connectivity index (χ3n) is 3.27. The van der Waals surface area contributed by atoms with Crippen LogP contribution < -0.4 is 0 Å². The van der Waals surface area contributed by atoms with E-state index in [-0.39, 0.29) is 0 Å². The van der Waals surface area contributed by atoms with E-state index in [1.807, 2.05) is 19.1 Å². The van der Waals surface area contributed by atoms with Gasteiger partial charge in [-0.25, -0.2) is 8.42 Å². The Morgan fingerprint density at radius 3 is 2.62 bits per heavy atom. The van der Waals surface area contributed by atoms with Gasteiger partial charge in [0.1, 0.15) is 4.90 Å². The maximum absolute atomic E-state index is 12.2. The number of hydrogen-bond donors (Lipinski definition) is 0. The Balaban J connectivity index is 0.000000383. The van der Waals surface area contributed by atoms with Crippen LogP contribution in [0.25, 0.3) is 0 Å². The summed E-state index contributed by atoms with van der Waals surface area (Å²) in [5.74, 6) is 0.445. The van der Waals surface area contributed by atoms with E-state index in [9.17, 15) is 8.42 Å². The van der Waals surface area contributed by atoms with Gasteiger partial charge in [0.05, 0.1) is 6.20 Å². The highest BCUT2D eigenvalue weighted by molar-refractivity contribution is 7.89. The zero-order valence-electron chi connectivity index (χ0n) is 13.1. The summed E-state index contributed by atoms with van der Waals surface area (Å²) in [7, 11) is -1.60. The molecule has 1 aromatic heterocycles. The Labute approximate surface area is 128 Å². The van der Waals surface area contributed by atoms with Crippen LogP contribution in [0.15, 0.2) is 42.1 Å². The summed E-state index contributed by atoms with van der Waals surface area (Å²) in [6, 6.07) is 0. The number of hydrogen-bond acceptors (Lipinski definition) is 3. The molecule has 2 rings (SSSR count). The molecule has 0 saturated carbocycles. The van der Waals surface area contributed by atoms with Crippen molar-refractivity contribution in [3.63, 3.8) is 0 Å². The molecule has 1 aliphatic rings. The highest BCUT2D eigenvalue weighted by Crippen LogP contribution is 2.22. The maximum Gasteiger partial charge on any atom is 0.246 e. The van der Waals surface area contributed by atoms with Crippen LogP contribution in [0.1, 0.15) is 26.7 Å². The number of nitrogens with zero attached hydrogens (tertiary/aromatic N) is 3. The fraction of sp³-hybridized carbons (Fsp3) is 0.533. The van der Waals surface area contributed by atoms with Gasteiger partial charge < -0.3 is 0 Å². The normalized spacial score (nSPS) is 20.0. The van der Waals surface area contributed by atoms with Crippen molar-refractivity contribution in [3.05, 3.63) is 37.2 Å². The molecule has 1 unspecified atom stereocenters. The van der Waals surface area contributed by atoms with Gasteiger partial charge in [-0.2, -0.15) is 9.40 Å². The molecule has 1 saturated heterocycles. The second-order valence-corrected chi connectivity index (χ2v) is 7.16. The fourth-order valence-corrected chi connectivity index (χ4v) is 3.77. The molecule has 5 nitrogen and oxygen atoms in total. The van der Waals surface area contributed by atoms with Gasteiger partial charge in [0, 0.05) is 26.3 Å². The smallest absolute Gasteiger partial charge is 0.246 e. The molecule has 2 heterocycles. The topological polar surface area (TPSA) is 55.2 Å². The molecule has 0 radical (unpaired) electrons. The average molecular weight is 311 g/mol. The summed E-state index contributed by atoms with van der Waals surface area (Å²) >= 11 is 0. The lowest BCUT2D eigenvalue weighted by atomic mass is 10.0. The molecule has 0 spiro atoms. The van der Waals surface area contributed by atoms with E-state index in [4.69, 9.17) is 0 Å². The number of rotatable bonds is 3. The van der Waals surface area contributed by atoms with E-state index in [0.717, 1.165) is 12.8 Å². The number of aromatic nitrogens is 2. The summed E-state index contributed by atoms with van der Waals surface area (Å²) in [6.45, 7) is 8.76. The van der Waals surface area contributed by atoms with Crippen molar-refractivity contribution < 1.29 is 8.42 Å². The highest BCUT2D eigenvalue weighted by Gasteiger charge is 2.29. The third-order valence-corrected chi connectivity index (χ3v) is 5.09. The summed E-state index contributed by atoms with van der Waals surface area (Å²) in [5, 5.41) is 3.91. The second-order valence-electron chi connectivity index (χ2n) is 5.22. The molecule has 0 amide bonds. The van der Waals surface area contributed by atoms with Crippen LogP contribution in [0, 0.1) is 5.92 Å². The van der Waals surface area contributed by atoms with E-state index in [0.29, 0.717) is 23.9 Å². The van der Waals surface area contributed by atoms with Gasteiger partial charge in [0.25, 0.3) is 0 Å². The van der Waals surface area contributed by atoms with Crippen molar-refractivity contribution in [2.75, 3.05) is 13.1 Å². The number of aryl methyl sites for hydroxylation is 1.